The molecule has 30 heavy (non-hydrogen) atoms. The average Bonchev–Trinajstić information content (AvgIpc) is 3.54. The molecule has 9 nitrogen and oxygen atoms in total. The Morgan fingerprint density at radius 2 is 2.13 bits per heavy atom. The Morgan fingerprint density at radius 1 is 1.13 bits per heavy atom. The van der Waals surface area contributed by atoms with Gasteiger partial charge in [0.15, 0.2) is 5.65 Å². The topological polar surface area (TPSA) is 96.4 Å². The second-order valence-electron chi connectivity index (χ2n) is 7.41. The average molecular weight is 398 g/mol. The number of fused-ring (bicyclic) bond motifs is 2. The van der Waals surface area contributed by atoms with Gasteiger partial charge in [-0.25, -0.2) is 14.6 Å². The normalized spacial score (nSPS) is 16.6. The smallest absolute Gasteiger partial charge is 0.221 e. The van der Waals surface area contributed by atoms with Gasteiger partial charge in [-0.1, -0.05) is 17.3 Å². The van der Waals surface area contributed by atoms with E-state index >= 15 is 0 Å². The quantitative estimate of drug-likeness (QED) is 0.459. The second-order valence-corrected chi connectivity index (χ2v) is 7.41. The molecule has 5 aromatic rings. The number of rotatable bonds is 4. The first-order chi connectivity index (χ1) is 14.8. The van der Waals surface area contributed by atoms with E-state index in [1.807, 2.05) is 35.3 Å². The minimum atomic E-state index is 0.282. The number of ether oxygens (including phenoxy) is 1. The molecule has 6 rings (SSSR count). The van der Waals surface area contributed by atoms with Crippen molar-refractivity contribution in [3.05, 3.63) is 60.7 Å². The van der Waals surface area contributed by atoms with E-state index in [-0.39, 0.29) is 6.04 Å². The predicted octanol–water partition coefficient (Wildman–Crippen LogP) is 2.64. The summed E-state index contributed by atoms with van der Waals surface area (Å²) >= 11 is 0. The van der Waals surface area contributed by atoms with Crippen LogP contribution in [0.15, 0.2) is 55.1 Å². The van der Waals surface area contributed by atoms with Crippen molar-refractivity contribution < 1.29 is 4.74 Å². The van der Waals surface area contributed by atoms with Gasteiger partial charge in [0.05, 0.1) is 42.8 Å². The van der Waals surface area contributed by atoms with Crippen molar-refractivity contribution in [2.75, 3.05) is 13.2 Å². The molecule has 4 aromatic heterocycles. The Morgan fingerprint density at radius 3 is 3.07 bits per heavy atom. The summed E-state index contributed by atoms with van der Waals surface area (Å²) in [5, 5.41) is 14.0. The number of benzene rings is 1. The molecular formula is C21H18N8O. The van der Waals surface area contributed by atoms with Gasteiger partial charge in [0.2, 0.25) is 5.65 Å². The monoisotopic (exact) mass is 398 g/mol. The standard InChI is InChI=1S/C21H18N8O/c1-2-15-8-14(3-4-18(15)22-6-1)11-29-21-20(26-27-29)23-10-19(25-21)16-9-24-28(12-16)17-5-7-30-13-17/h1-4,6,8-10,12,17H,5,7,11,13H2. The number of aromatic nitrogens is 8. The van der Waals surface area contributed by atoms with Crippen molar-refractivity contribution in [2.45, 2.75) is 19.0 Å². The summed E-state index contributed by atoms with van der Waals surface area (Å²) in [6.45, 7) is 2.03. The Kier molecular flexibility index (Phi) is 3.98. The molecule has 1 unspecified atom stereocenters. The maximum Gasteiger partial charge on any atom is 0.221 e. The third-order valence-corrected chi connectivity index (χ3v) is 5.40. The molecule has 148 valence electrons. The highest BCUT2D eigenvalue weighted by molar-refractivity contribution is 5.79. The lowest BCUT2D eigenvalue weighted by Gasteiger charge is -2.06. The van der Waals surface area contributed by atoms with Crippen molar-refractivity contribution >= 4 is 22.2 Å². The molecule has 0 bridgehead atoms. The molecule has 0 aliphatic carbocycles. The number of hydrogen-bond donors (Lipinski definition) is 0. The molecule has 1 saturated heterocycles. The summed E-state index contributed by atoms with van der Waals surface area (Å²) in [7, 11) is 0. The van der Waals surface area contributed by atoms with Gasteiger partial charge in [0.1, 0.15) is 0 Å². The first-order valence-electron chi connectivity index (χ1n) is 9.86. The van der Waals surface area contributed by atoms with Crippen LogP contribution in [0, 0.1) is 0 Å². The van der Waals surface area contributed by atoms with Crippen LogP contribution in [0.25, 0.3) is 33.5 Å². The lowest BCUT2D eigenvalue weighted by Crippen LogP contribution is -2.08. The molecule has 0 saturated carbocycles. The third-order valence-electron chi connectivity index (χ3n) is 5.40. The zero-order valence-corrected chi connectivity index (χ0v) is 16.1. The first-order valence-corrected chi connectivity index (χ1v) is 9.86. The van der Waals surface area contributed by atoms with Crippen molar-refractivity contribution in [2.24, 2.45) is 0 Å². The fourth-order valence-electron chi connectivity index (χ4n) is 3.80. The minimum Gasteiger partial charge on any atom is -0.379 e. The third kappa shape index (κ3) is 3.00. The fourth-order valence-corrected chi connectivity index (χ4v) is 3.80. The van der Waals surface area contributed by atoms with Crippen molar-refractivity contribution in [1.82, 2.24) is 39.7 Å². The van der Waals surface area contributed by atoms with Gasteiger partial charge in [0.25, 0.3) is 0 Å². The van der Waals surface area contributed by atoms with E-state index in [2.05, 4.69) is 37.5 Å². The van der Waals surface area contributed by atoms with Crippen molar-refractivity contribution in [3.63, 3.8) is 0 Å². The molecule has 0 radical (unpaired) electrons. The Hall–Kier alpha value is -3.72. The van der Waals surface area contributed by atoms with Gasteiger partial charge < -0.3 is 4.74 Å². The van der Waals surface area contributed by atoms with Gasteiger partial charge in [-0.3, -0.25) is 9.67 Å². The van der Waals surface area contributed by atoms with Crippen LogP contribution in [0.5, 0.6) is 0 Å². The van der Waals surface area contributed by atoms with E-state index in [1.54, 1.807) is 17.1 Å². The highest BCUT2D eigenvalue weighted by Crippen LogP contribution is 2.23. The molecule has 9 heteroatoms. The number of nitrogens with zero attached hydrogens (tertiary/aromatic N) is 8. The predicted molar refractivity (Wildman–Crippen MR) is 110 cm³/mol. The van der Waals surface area contributed by atoms with Gasteiger partial charge >= 0.3 is 0 Å². The molecule has 1 aromatic carbocycles. The van der Waals surface area contributed by atoms with E-state index in [9.17, 15) is 0 Å². The van der Waals surface area contributed by atoms with Crippen LogP contribution < -0.4 is 0 Å². The summed E-state index contributed by atoms with van der Waals surface area (Å²) in [6, 6.07) is 10.4. The van der Waals surface area contributed by atoms with Crippen LogP contribution in [0.3, 0.4) is 0 Å². The molecule has 1 aliphatic heterocycles. The minimum absolute atomic E-state index is 0.282. The Bertz CT molecular complexity index is 1350. The zero-order valence-electron chi connectivity index (χ0n) is 16.1. The second kappa shape index (κ2) is 6.96. The summed E-state index contributed by atoms with van der Waals surface area (Å²) < 4.78 is 9.19. The van der Waals surface area contributed by atoms with Gasteiger partial charge in [0, 0.05) is 30.0 Å². The van der Waals surface area contributed by atoms with Gasteiger partial charge in [-0.2, -0.15) is 5.10 Å². The summed E-state index contributed by atoms with van der Waals surface area (Å²) in [4.78, 5) is 13.6. The molecule has 1 aliphatic rings. The Balaban J connectivity index is 1.33. The maximum absolute atomic E-state index is 5.46. The van der Waals surface area contributed by atoms with Crippen LogP contribution >= 0.6 is 0 Å². The fraction of sp³-hybridized carbons (Fsp3) is 0.238. The van der Waals surface area contributed by atoms with Crippen LogP contribution in [0.4, 0.5) is 0 Å². The van der Waals surface area contributed by atoms with Crippen LogP contribution in [-0.4, -0.2) is 52.9 Å². The number of pyridine rings is 1. The van der Waals surface area contributed by atoms with E-state index in [0.717, 1.165) is 40.8 Å². The lowest BCUT2D eigenvalue weighted by molar-refractivity contribution is 0.184. The van der Waals surface area contributed by atoms with Crippen LogP contribution in [0.1, 0.15) is 18.0 Å². The molecular weight excluding hydrogens is 380 g/mol. The summed E-state index contributed by atoms with van der Waals surface area (Å²) in [6.07, 6.45) is 8.31. The molecule has 0 spiro atoms. The van der Waals surface area contributed by atoms with Crippen molar-refractivity contribution in [1.29, 1.82) is 0 Å². The van der Waals surface area contributed by atoms with E-state index in [0.29, 0.717) is 24.4 Å². The molecule has 1 atom stereocenters. The summed E-state index contributed by atoms with van der Waals surface area (Å²) in [5.41, 5.74) is 4.91. The highest BCUT2D eigenvalue weighted by atomic mass is 16.5. The Labute approximate surface area is 171 Å². The van der Waals surface area contributed by atoms with Gasteiger partial charge in [-0.05, 0) is 30.2 Å². The van der Waals surface area contributed by atoms with Crippen LogP contribution in [-0.2, 0) is 11.3 Å². The largest absolute Gasteiger partial charge is 0.379 e. The molecule has 0 amide bonds. The van der Waals surface area contributed by atoms with E-state index < -0.39 is 0 Å². The first kappa shape index (κ1) is 17.2. The van der Waals surface area contributed by atoms with Crippen molar-refractivity contribution in [3.8, 4) is 11.3 Å². The molecule has 5 heterocycles. The highest BCUT2D eigenvalue weighted by Gasteiger charge is 2.19. The molecule has 1 fully saturated rings. The van der Waals surface area contributed by atoms with E-state index in [1.165, 1.54) is 0 Å². The summed E-state index contributed by atoms with van der Waals surface area (Å²) in [5.74, 6) is 0. The van der Waals surface area contributed by atoms with Gasteiger partial charge in [-0.15, -0.1) is 5.10 Å². The SMILES string of the molecule is c1cnc2ccc(Cn3nnc4ncc(-c5cnn(C6CCOC6)c5)nc43)cc2c1. The lowest BCUT2D eigenvalue weighted by atomic mass is 10.1. The zero-order chi connectivity index (χ0) is 19.9. The number of hydrogen-bond acceptors (Lipinski definition) is 7. The molecule has 0 N–H and O–H groups in total. The van der Waals surface area contributed by atoms with E-state index in [4.69, 9.17) is 9.72 Å². The van der Waals surface area contributed by atoms with Crippen LogP contribution in [0.2, 0.25) is 0 Å². The maximum atomic E-state index is 5.46.